The van der Waals surface area contributed by atoms with Crippen molar-refractivity contribution in [1.29, 1.82) is 0 Å². The van der Waals surface area contributed by atoms with Crippen molar-refractivity contribution in [2.24, 2.45) is 0 Å². The average molecular weight is 504 g/mol. The molecule has 1 aliphatic rings. The Kier molecular flexibility index (Phi) is 6.93. The van der Waals surface area contributed by atoms with Gasteiger partial charge in [-0.15, -0.1) is 0 Å². The van der Waals surface area contributed by atoms with Gasteiger partial charge < -0.3 is 10.6 Å². The van der Waals surface area contributed by atoms with Gasteiger partial charge >= 0.3 is 18.0 Å². The Labute approximate surface area is 196 Å². The fourth-order valence-electron chi connectivity index (χ4n) is 4.34. The summed E-state index contributed by atoms with van der Waals surface area (Å²) in [4.78, 5) is 24.2. The summed E-state index contributed by atoms with van der Waals surface area (Å²) < 4.78 is 93.8. The molecule has 11 heteroatoms. The summed E-state index contributed by atoms with van der Waals surface area (Å²) in [6.07, 6.45) is -11.2. The minimum Gasteiger partial charge on any atom is -0.350 e. The molecule has 0 radical (unpaired) electrons. The summed E-state index contributed by atoms with van der Waals surface area (Å²) in [5, 5.41) is 5.36. The lowest BCUT2D eigenvalue weighted by molar-refractivity contribution is -0.348. The van der Waals surface area contributed by atoms with Gasteiger partial charge in [-0.05, 0) is 66.6 Å². The lowest BCUT2D eigenvalue weighted by Crippen LogP contribution is -2.50. The van der Waals surface area contributed by atoms with Crippen molar-refractivity contribution in [3.05, 3.63) is 63.7 Å². The zero-order valence-electron chi connectivity index (χ0n) is 19.0. The quantitative estimate of drug-likeness (QED) is 0.475. The number of alkyl halides is 7. The maximum Gasteiger partial charge on any atom is 0.435 e. The highest BCUT2D eigenvalue weighted by Crippen LogP contribution is 2.54. The lowest BCUT2D eigenvalue weighted by atomic mass is 9.89. The van der Waals surface area contributed by atoms with Crippen molar-refractivity contribution >= 4 is 17.5 Å². The lowest BCUT2D eigenvalue weighted by Gasteiger charge is -2.31. The standard InChI is InChI=1S/C24H23F7N2O2/c1-4-14-11-17(22(25,23(26,27)28)24(29,30)31)9-12(2)20(14)33-21(35)16-5-7-18-15(10-16)6-8-19(18)32-13(3)34/h5,7,9-11,19H,4,6,8H2,1-3H3,(H,32,34)(H,33,35). The molecule has 0 aliphatic heterocycles. The molecule has 0 saturated carbocycles. The van der Waals surface area contributed by atoms with Crippen LogP contribution >= 0.6 is 0 Å². The number of anilines is 1. The van der Waals surface area contributed by atoms with Gasteiger partial charge in [0.15, 0.2) is 0 Å². The SMILES string of the molecule is CCc1cc(C(F)(C(F)(F)F)C(F)(F)F)cc(C)c1NC(=O)c1ccc2c(c1)CCC2NC(C)=O. The number of hydrogen-bond donors (Lipinski definition) is 2. The molecule has 3 rings (SSSR count). The second-order valence-corrected chi connectivity index (χ2v) is 8.49. The number of carbonyl (C=O) groups excluding carboxylic acids is 2. The van der Waals surface area contributed by atoms with Crippen LogP contribution in [0.25, 0.3) is 0 Å². The number of nitrogens with one attached hydrogen (secondary N) is 2. The molecule has 0 saturated heterocycles. The third-order valence-corrected chi connectivity index (χ3v) is 6.08. The van der Waals surface area contributed by atoms with E-state index in [0.29, 0.717) is 25.0 Å². The number of fused-ring (bicyclic) bond motifs is 1. The summed E-state index contributed by atoms with van der Waals surface area (Å²) in [7, 11) is 0. The van der Waals surface area contributed by atoms with Gasteiger partial charge in [-0.1, -0.05) is 19.1 Å². The van der Waals surface area contributed by atoms with E-state index in [-0.39, 0.29) is 40.7 Å². The highest BCUT2D eigenvalue weighted by Gasteiger charge is 2.73. The molecular weight excluding hydrogens is 481 g/mol. The number of hydrogen-bond acceptors (Lipinski definition) is 2. The van der Waals surface area contributed by atoms with Crippen molar-refractivity contribution in [2.45, 2.75) is 64.1 Å². The molecule has 35 heavy (non-hydrogen) atoms. The summed E-state index contributed by atoms with van der Waals surface area (Å²) in [5.41, 5.74) is -5.41. The molecule has 2 amide bonds. The molecule has 4 nitrogen and oxygen atoms in total. The fraction of sp³-hybridized carbons (Fsp3) is 0.417. The van der Waals surface area contributed by atoms with E-state index in [2.05, 4.69) is 10.6 Å². The average Bonchev–Trinajstić information content (AvgIpc) is 3.13. The molecule has 0 aromatic heterocycles. The molecule has 0 heterocycles. The summed E-state index contributed by atoms with van der Waals surface area (Å²) in [6, 6.07) is 5.61. The van der Waals surface area contributed by atoms with Crippen LogP contribution < -0.4 is 10.6 Å². The second kappa shape index (κ2) is 9.16. The molecule has 2 aromatic rings. The molecule has 1 atom stereocenters. The third kappa shape index (κ3) is 4.85. The first-order valence-electron chi connectivity index (χ1n) is 10.8. The molecule has 2 N–H and O–H groups in total. The van der Waals surface area contributed by atoms with Gasteiger partial charge in [-0.3, -0.25) is 9.59 Å². The normalized spacial score (nSPS) is 16.1. The van der Waals surface area contributed by atoms with Crippen LogP contribution in [0.5, 0.6) is 0 Å². The maximum atomic E-state index is 14.6. The van der Waals surface area contributed by atoms with Crippen LogP contribution in [0.3, 0.4) is 0 Å². The first kappa shape index (κ1) is 26.5. The first-order valence-corrected chi connectivity index (χ1v) is 10.8. The number of benzene rings is 2. The van der Waals surface area contributed by atoms with Crippen molar-refractivity contribution in [1.82, 2.24) is 5.32 Å². The van der Waals surface area contributed by atoms with Gasteiger partial charge in [0.2, 0.25) is 5.91 Å². The maximum absolute atomic E-state index is 14.6. The predicted octanol–water partition coefficient (Wildman–Crippen LogP) is 6.22. The van der Waals surface area contributed by atoms with Crippen LogP contribution in [0.1, 0.15) is 64.5 Å². The number of amides is 2. The number of rotatable bonds is 5. The van der Waals surface area contributed by atoms with Crippen molar-refractivity contribution in [2.75, 3.05) is 5.32 Å². The smallest absolute Gasteiger partial charge is 0.350 e. The summed E-state index contributed by atoms with van der Waals surface area (Å²) >= 11 is 0. The fourth-order valence-corrected chi connectivity index (χ4v) is 4.34. The first-order chi connectivity index (χ1) is 16.1. The van der Waals surface area contributed by atoms with Crippen LogP contribution in [0.15, 0.2) is 30.3 Å². The minimum absolute atomic E-state index is 0.0181. The van der Waals surface area contributed by atoms with E-state index in [1.54, 1.807) is 12.1 Å². The summed E-state index contributed by atoms with van der Waals surface area (Å²) in [5.74, 6) is -0.816. The Morgan fingerprint density at radius 1 is 1.00 bits per heavy atom. The molecule has 1 unspecified atom stereocenters. The Morgan fingerprint density at radius 3 is 2.17 bits per heavy atom. The van der Waals surface area contributed by atoms with E-state index in [0.717, 1.165) is 11.1 Å². The minimum atomic E-state index is -6.23. The van der Waals surface area contributed by atoms with E-state index in [4.69, 9.17) is 0 Å². The van der Waals surface area contributed by atoms with Gasteiger partial charge in [-0.25, -0.2) is 4.39 Å². The van der Waals surface area contributed by atoms with Crippen molar-refractivity contribution in [3.8, 4) is 0 Å². The zero-order chi connectivity index (χ0) is 26.3. The molecule has 2 aromatic carbocycles. The van der Waals surface area contributed by atoms with Gasteiger partial charge in [0, 0.05) is 23.7 Å². The van der Waals surface area contributed by atoms with Gasteiger partial charge in [0.05, 0.1) is 6.04 Å². The molecule has 0 bridgehead atoms. The van der Waals surface area contributed by atoms with Gasteiger partial charge in [0.1, 0.15) is 0 Å². The number of halogens is 7. The van der Waals surface area contributed by atoms with Crippen LogP contribution in [-0.2, 0) is 23.3 Å². The molecule has 0 spiro atoms. The largest absolute Gasteiger partial charge is 0.435 e. The molecular formula is C24H23F7N2O2. The Hall–Kier alpha value is -3.11. The van der Waals surface area contributed by atoms with E-state index in [1.165, 1.54) is 26.8 Å². The summed E-state index contributed by atoms with van der Waals surface area (Å²) in [6.45, 7) is 4.06. The molecule has 1 aliphatic carbocycles. The van der Waals surface area contributed by atoms with E-state index in [1.807, 2.05) is 0 Å². The predicted molar refractivity (Wildman–Crippen MR) is 115 cm³/mol. The zero-order valence-corrected chi connectivity index (χ0v) is 19.0. The molecule has 190 valence electrons. The topological polar surface area (TPSA) is 58.2 Å². The van der Waals surface area contributed by atoms with Crippen LogP contribution in [0, 0.1) is 6.92 Å². The van der Waals surface area contributed by atoms with Crippen LogP contribution in [0.4, 0.5) is 36.4 Å². The third-order valence-electron chi connectivity index (χ3n) is 6.08. The highest BCUT2D eigenvalue weighted by atomic mass is 19.4. The van der Waals surface area contributed by atoms with Crippen molar-refractivity contribution < 1.29 is 40.3 Å². The van der Waals surface area contributed by atoms with Crippen molar-refractivity contribution in [3.63, 3.8) is 0 Å². The monoisotopic (exact) mass is 504 g/mol. The molecule has 0 fully saturated rings. The Balaban J connectivity index is 1.95. The van der Waals surface area contributed by atoms with Crippen LogP contribution in [0.2, 0.25) is 0 Å². The highest BCUT2D eigenvalue weighted by molar-refractivity contribution is 6.05. The van der Waals surface area contributed by atoms with E-state index >= 15 is 0 Å². The van der Waals surface area contributed by atoms with Gasteiger partial charge in [-0.2, -0.15) is 26.3 Å². The van der Waals surface area contributed by atoms with Crippen LogP contribution in [-0.4, -0.2) is 24.2 Å². The number of carbonyl (C=O) groups is 2. The number of aryl methyl sites for hydroxylation is 3. The second-order valence-electron chi connectivity index (χ2n) is 8.49. The Morgan fingerprint density at radius 2 is 1.63 bits per heavy atom. The van der Waals surface area contributed by atoms with E-state index in [9.17, 15) is 40.3 Å². The Bertz CT molecular complexity index is 1140. The van der Waals surface area contributed by atoms with Gasteiger partial charge in [0.25, 0.3) is 5.91 Å². The van der Waals surface area contributed by atoms with E-state index < -0.39 is 29.5 Å².